The molecule has 2 aromatic carbocycles. The molecule has 0 spiro atoms. The molecule has 1 atom stereocenters. The van der Waals surface area contributed by atoms with E-state index in [4.69, 9.17) is 11.6 Å². The van der Waals surface area contributed by atoms with Crippen LogP contribution in [0.5, 0.6) is 0 Å². The van der Waals surface area contributed by atoms with Crippen LogP contribution in [-0.4, -0.2) is 48.9 Å². The molecule has 0 aliphatic carbocycles. The molecule has 0 radical (unpaired) electrons. The van der Waals surface area contributed by atoms with Crippen molar-refractivity contribution in [1.29, 1.82) is 0 Å². The Morgan fingerprint density at radius 1 is 1.00 bits per heavy atom. The van der Waals surface area contributed by atoms with E-state index < -0.39 is 12.1 Å². The van der Waals surface area contributed by atoms with Crippen molar-refractivity contribution in [3.8, 4) is 0 Å². The van der Waals surface area contributed by atoms with Gasteiger partial charge in [0.2, 0.25) is 5.91 Å². The summed E-state index contributed by atoms with van der Waals surface area (Å²) < 4.78 is 0. The largest absolute Gasteiger partial charge is 0.358 e. The number of nitrogens with one attached hydrogen (secondary N) is 3. The van der Waals surface area contributed by atoms with Crippen LogP contribution >= 0.6 is 11.6 Å². The van der Waals surface area contributed by atoms with Gasteiger partial charge >= 0.3 is 6.03 Å². The monoisotopic (exact) mass is 427 g/mol. The van der Waals surface area contributed by atoms with Crippen LogP contribution in [0.3, 0.4) is 0 Å². The minimum atomic E-state index is -0.692. The van der Waals surface area contributed by atoms with E-state index in [-0.39, 0.29) is 11.8 Å². The maximum atomic E-state index is 12.8. The molecule has 3 amide bonds. The summed E-state index contributed by atoms with van der Waals surface area (Å²) in [6.45, 7) is 5.46. The van der Waals surface area contributed by atoms with Gasteiger partial charge in [-0.2, -0.15) is 0 Å². The normalized spacial score (nSPS) is 14.3. The van der Waals surface area contributed by atoms with E-state index in [0.717, 1.165) is 24.5 Å². The topological polar surface area (TPSA) is 85.8 Å². The van der Waals surface area contributed by atoms with Gasteiger partial charge in [-0.25, -0.2) is 4.79 Å². The standard InChI is InChI=1S/C22H26ClN5O2/c1-14(2)19(27-22(30)26-18-10-6-16(23)7-11-18)21(29)25-17-8-4-15(5-9-17)20-24-12-13-28(20)3/h4-11,14,19H,12-13H2,1-3H3,(H,25,29)(H2,26,27,30). The van der Waals surface area contributed by atoms with E-state index in [1.807, 2.05) is 45.2 Å². The Balaban J connectivity index is 1.61. The van der Waals surface area contributed by atoms with Gasteiger partial charge in [0.1, 0.15) is 11.9 Å². The van der Waals surface area contributed by atoms with Gasteiger partial charge in [0.05, 0.1) is 6.54 Å². The van der Waals surface area contributed by atoms with E-state index >= 15 is 0 Å². The quantitative estimate of drug-likeness (QED) is 0.655. The van der Waals surface area contributed by atoms with Crippen LogP contribution in [0, 0.1) is 5.92 Å². The molecular formula is C22H26ClN5O2. The van der Waals surface area contributed by atoms with E-state index in [0.29, 0.717) is 16.4 Å². The van der Waals surface area contributed by atoms with Crippen LogP contribution in [0.25, 0.3) is 0 Å². The molecule has 30 heavy (non-hydrogen) atoms. The lowest BCUT2D eigenvalue weighted by molar-refractivity contribution is -0.118. The van der Waals surface area contributed by atoms with Crippen molar-refractivity contribution < 1.29 is 9.59 Å². The molecule has 1 heterocycles. The average Bonchev–Trinajstić information content (AvgIpc) is 3.14. The SMILES string of the molecule is CC(C)C(NC(=O)Nc1ccc(Cl)cc1)C(=O)Nc1ccc(C2=NCCN2C)cc1. The third kappa shape index (κ3) is 5.51. The molecule has 0 fully saturated rings. The fraction of sp³-hybridized carbons (Fsp3) is 0.318. The highest BCUT2D eigenvalue weighted by Crippen LogP contribution is 2.16. The number of carbonyl (C=O) groups is 2. The molecule has 7 nitrogen and oxygen atoms in total. The summed E-state index contributed by atoms with van der Waals surface area (Å²) in [5, 5.41) is 8.91. The molecule has 1 aliphatic rings. The summed E-state index contributed by atoms with van der Waals surface area (Å²) in [6, 6.07) is 13.2. The van der Waals surface area contributed by atoms with E-state index in [2.05, 4.69) is 25.8 Å². The van der Waals surface area contributed by atoms with Gasteiger partial charge in [0.25, 0.3) is 0 Å². The lowest BCUT2D eigenvalue weighted by Gasteiger charge is -2.22. The second-order valence-electron chi connectivity index (χ2n) is 7.52. The number of likely N-dealkylation sites (N-methyl/N-ethyl adjacent to an activating group) is 1. The first-order valence-electron chi connectivity index (χ1n) is 9.83. The summed E-state index contributed by atoms with van der Waals surface area (Å²) in [7, 11) is 2.01. The average molecular weight is 428 g/mol. The smallest absolute Gasteiger partial charge is 0.319 e. The van der Waals surface area contributed by atoms with E-state index in [1.54, 1.807) is 24.3 Å². The first-order chi connectivity index (χ1) is 14.3. The number of halogens is 1. The Morgan fingerprint density at radius 2 is 1.60 bits per heavy atom. The number of amides is 3. The Bertz CT molecular complexity index is 926. The molecule has 0 saturated heterocycles. The zero-order chi connectivity index (χ0) is 21.7. The van der Waals surface area contributed by atoms with Gasteiger partial charge in [-0.3, -0.25) is 9.79 Å². The third-order valence-corrected chi connectivity index (χ3v) is 5.06. The van der Waals surface area contributed by atoms with Crippen LogP contribution in [0.4, 0.5) is 16.2 Å². The first kappa shape index (κ1) is 21.6. The lowest BCUT2D eigenvalue weighted by Crippen LogP contribution is -2.48. The predicted molar refractivity (Wildman–Crippen MR) is 121 cm³/mol. The van der Waals surface area contributed by atoms with Gasteiger partial charge in [0, 0.05) is 35.6 Å². The minimum absolute atomic E-state index is 0.0956. The maximum Gasteiger partial charge on any atom is 0.319 e. The lowest BCUT2D eigenvalue weighted by atomic mass is 10.0. The van der Waals surface area contributed by atoms with Crippen molar-refractivity contribution in [3.63, 3.8) is 0 Å². The summed E-state index contributed by atoms with van der Waals surface area (Å²) in [5.74, 6) is 0.578. The van der Waals surface area contributed by atoms with Crippen molar-refractivity contribution in [2.75, 3.05) is 30.8 Å². The van der Waals surface area contributed by atoms with Gasteiger partial charge in [0.15, 0.2) is 0 Å². The van der Waals surface area contributed by atoms with Crippen LogP contribution in [-0.2, 0) is 4.79 Å². The molecule has 8 heteroatoms. The molecule has 158 valence electrons. The summed E-state index contributed by atoms with van der Waals surface area (Å²) >= 11 is 5.86. The second kappa shape index (κ2) is 9.63. The van der Waals surface area contributed by atoms with Gasteiger partial charge in [-0.15, -0.1) is 0 Å². The molecule has 2 aromatic rings. The Hall–Kier alpha value is -3.06. The number of urea groups is 1. The fourth-order valence-corrected chi connectivity index (χ4v) is 3.27. The van der Waals surface area contributed by atoms with Crippen molar-refractivity contribution in [2.24, 2.45) is 10.9 Å². The van der Waals surface area contributed by atoms with Crippen LogP contribution in [0.15, 0.2) is 53.5 Å². The van der Waals surface area contributed by atoms with Crippen LogP contribution in [0.2, 0.25) is 5.02 Å². The zero-order valence-electron chi connectivity index (χ0n) is 17.3. The van der Waals surface area contributed by atoms with Gasteiger partial charge in [-0.1, -0.05) is 25.4 Å². The number of hydrogen-bond donors (Lipinski definition) is 3. The van der Waals surface area contributed by atoms with Crippen LogP contribution in [0.1, 0.15) is 19.4 Å². The molecule has 3 rings (SSSR count). The Kier molecular flexibility index (Phi) is 6.95. The first-order valence-corrected chi connectivity index (χ1v) is 10.2. The summed E-state index contributed by atoms with van der Waals surface area (Å²) in [6.07, 6.45) is 0. The van der Waals surface area contributed by atoms with Crippen molar-refractivity contribution >= 4 is 40.7 Å². The predicted octanol–water partition coefficient (Wildman–Crippen LogP) is 3.82. The summed E-state index contributed by atoms with van der Waals surface area (Å²) in [4.78, 5) is 31.7. The number of carbonyl (C=O) groups excluding carboxylic acids is 2. The second-order valence-corrected chi connectivity index (χ2v) is 7.96. The number of hydrogen-bond acceptors (Lipinski definition) is 4. The van der Waals surface area contributed by atoms with Crippen molar-refractivity contribution in [2.45, 2.75) is 19.9 Å². The number of amidine groups is 1. The number of anilines is 2. The molecule has 0 bridgehead atoms. The van der Waals surface area contributed by atoms with Crippen LogP contribution < -0.4 is 16.0 Å². The Morgan fingerprint density at radius 3 is 2.17 bits per heavy atom. The highest BCUT2D eigenvalue weighted by atomic mass is 35.5. The number of rotatable bonds is 6. The fourth-order valence-electron chi connectivity index (χ4n) is 3.14. The number of nitrogens with zero attached hydrogens (tertiary/aromatic N) is 2. The molecule has 0 saturated carbocycles. The molecule has 0 aromatic heterocycles. The van der Waals surface area contributed by atoms with Crippen molar-refractivity contribution in [1.82, 2.24) is 10.2 Å². The maximum absolute atomic E-state index is 12.8. The highest BCUT2D eigenvalue weighted by Gasteiger charge is 2.24. The number of aliphatic imine (C=N–C) groups is 1. The Labute approximate surface area is 181 Å². The third-order valence-electron chi connectivity index (χ3n) is 4.81. The van der Waals surface area contributed by atoms with Gasteiger partial charge < -0.3 is 20.9 Å². The van der Waals surface area contributed by atoms with E-state index in [1.165, 1.54) is 0 Å². The van der Waals surface area contributed by atoms with Crippen molar-refractivity contribution in [3.05, 3.63) is 59.1 Å². The molecule has 3 N–H and O–H groups in total. The molecule has 1 aliphatic heterocycles. The number of benzene rings is 2. The zero-order valence-corrected chi connectivity index (χ0v) is 18.0. The van der Waals surface area contributed by atoms with E-state index in [9.17, 15) is 9.59 Å². The highest BCUT2D eigenvalue weighted by molar-refractivity contribution is 6.30. The molecular weight excluding hydrogens is 402 g/mol. The molecule has 1 unspecified atom stereocenters. The minimum Gasteiger partial charge on any atom is -0.358 e. The summed E-state index contributed by atoms with van der Waals surface area (Å²) in [5.41, 5.74) is 2.26. The van der Waals surface area contributed by atoms with Gasteiger partial charge in [-0.05, 0) is 54.4 Å².